The molecule has 0 amide bonds. The van der Waals surface area contributed by atoms with E-state index in [4.69, 9.17) is 21.6 Å². The molecule has 0 saturated carbocycles. The van der Waals surface area contributed by atoms with Gasteiger partial charge in [-0.2, -0.15) is 5.26 Å². The summed E-state index contributed by atoms with van der Waals surface area (Å²) >= 11 is 5.93. The molecular formula is C13H16ClN2O+. The SMILES string of the molecule is C[N+]1(CCOc2ccc(C#N)c(Cl)c2)CCC1. The molecule has 2 rings (SSSR count). The topological polar surface area (TPSA) is 33.0 Å². The number of likely N-dealkylation sites (N-methyl/N-ethyl adjacent to an activating group) is 1. The number of hydrogen-bond acceptors (Lipinski definition) is 2. The third-order valence-corrected chi connectivity index (χ3v) is 3.67. The van der Waals surface area contributed by atoms with Gasteiger partial charge in [-0.1, -0.05) is 11.6 Å². The molecule has 1 aromatic carbocycles. The van der Waals surface area contributed by atoms with Gasteiger partial charge in [0.2, 0.25) is 0 Å². The normalized spacial score (nSPS) is 17.0. The van der Waals surface area contributed by atoms with Gasteiger partial charge in [-0.15, -0.1) is 0 Å². The lowest BCUT2D eigenvalue weighted by Crippen LogP contribution is -2.56. The van der Waals surface area contributed by atoms with Gasteiger partial charge in [0.15, 0.2) is 0 Å². The van der Waals surface area contributed by atoms with Crippen LogP contribution in [0.15, 0.2) is 18.2 Å². The van der Waals surface area contributed by atoms with E-state index in [0.29, 0.717) is 17.2 Å². The van der Waals surface area contributed by atoms with Crippen molar-refractivity contribution in [2.24, 2.45) is 0 Å². The Hall–Kier alpha value is -1.24. The van der Waals surface area contributed by atoms with Crippen molar-refractivity contribution in [1.82, 2.24) is 0 Å². The van der Waals surface area contributed by atoms with Crippen LogP contribution in [-0.4, -0.2) is 37.8 Å². The van der Waals surface area contributed by atoms with E-state index in [1.54, 1.807) is 18.2 Å². The highest BCUT2D eigenvalue weighted by atomic mass is 35.5. The predicted octanol–water partition coefficient (Wildman–Crippen LogP) is 2.44. The Labute approximate surface area is 107 Å². The highest BCUT2D eigenvalue weighted by Gasteiger charge is 2.29. The molecule has 4 heteroatoms. The monoisotopic (exact) mass is 251 g/mol. The Morgan fingerprint density at radius 1 is 1.47 bits per heavy atom. The Balaban J connectivity index is 1.87. The average molecular weight is 252 g/mol. The third kappa shape index (κ3) is 2.91. The average Bonchev–Trinajstić information content (AvgIpc) is 2.27. The highest BCUT2D eigenvalue weighted by molar-refractivity contribution is 6.31. The van der Waals surface area contributed by atoms with E-state index in [1.807, 2.05) is 6.07 Å². The highest BCUT2D eigenvalue weighted by Crippen LogP contribution is 2.22. The molecule has 17 heavy (non-hydrogen) atoms. The summed E-state index contributed by atoms with van der Waals surface area (Å²) in [6.45, 7) is 4.21. The van der Waals surface area contributed by atoms with Crippen LogP contribution >= 0.6 is 11.6 Å². The molecule has 1 saturated heterocycles. The van der Waals surface area contributed by atoms with E-state index < -0.39 is 0 Å². The van der Waals surface area contributed by atoms with E-state index in [-0.39, 0.29) is 0 Å². The summed E-state index contributed by atoms with van der Waals surface area (Å²) < 4.78 is 6.75. The molecule has 1 aromatic rings. The molecule has 0 radical (unpaired) electrons. The summed E-state index contributed by atoms with van der Waals surface area (Å²) in [6, 6.07) is 7.22. The molecular weight excluding hydrogens is 236 g/mol. The van der Waals surface area contributed by atoms with Crippen LogP contribution in [0.4, 0.5) is 0 Å². The Morgan fingerprint density at radius 3 is 2.76 bits per heavy atom. The van der Waals surface area contributed by atoms with Gasteiger partial charge in [0.25, 0.3) is 0 Å². The number of likely N-dealkylation sites (tertiary alicyclic amines) is 1. The zero-order valence-corrected chi connectivity index (χ0v) is 10.7. The second-order valence-electron chi connectivity index (χ2n) is 4.75. The van der Waals surface area contributed by atoms with Gasteiger partial charge in [0.1, 0.15) is 25.0 Å². The maximum Gasteiger partial charge on any atom is 0.137 e. The van der Waals surface area contributed by atoms with Crippen LogP contribution in [-0.2, 0) is 0 Å². The van der Waals surface area contributed by atoms with Gasteiger partial charge < -0.3 is 9.22 Å². The number of halogens is 1. The molecule has 0 unspecified atom stereocenters. The van der Waals surface area contributed by atoms with Crippen LogP contribution in [0, 0.1) is 11.3 Å². The van der Waals surface area contributed by atoms with E-state index in [9.17, 15) is 0 Å². The largest absolute Gasteiger partial charge is 0.488 e. The summed E-state index contributed by atoms with van der Waals surface area (Å²) in [5.74, 6) is 0.737. The second kappa shape index (κ2) is 4.95. The van der Waals surface area contributed by atoms with E-state index in [2.05, 4.69) is 7.05 Å². The van der Waals surface area contributed by atoms with Crippen LogP contribution in [0.3, 0.4) is 0 Å². The van der Waals surface area contributed by atoms with Crippen LogP contribution in [0.2, 0.25) is 5.02 Å². The summed E-state index contributed by atoms with van der Waals surface area (Å²) in [5.41, 5.74) is 0.487. The van der Waals surface area contributed by atoms with Gasteiger partial charge in [-0.05, 0) is 12.1 Å². The first-order chi connectivity index (χ1) is 8.13. The molecule has 0 aromatic heterocycles. The zero-order valence-electron chi connectivity index (χ0n) is 9.95. The van der Waals surface area contributed by atoms with Crippen LogP contribution < -0.4 is 4.74 Å². The number of hydrogen-bond donors (Lipinski definition) is 0. The first kappa shape index (κ1) is 12.2. The van der Waals surface area contributed by atoms with Crippen molar-refractivity contribution < 1.29 is 9.22 Å². The molecule has 1 fully saturated rings. The van der Waals surface area contributed by atoms with Gasteiger partial charge in [0, 0.05) is 12.5 Å². The summed E-state index contributed by atoms with van der Waals surface area (Å²) in [5, 5.41) is 9.21. The van der Waals surface area contributed by atoms with E-state index in [1.165, 1.54) is 19.5 Å². The number of quaternary nitrogens is 1. The molecule has 0 atom stereocenters. The van der Waals surface area contributed by atoms with Gasteiger partial charge >= 0.3 is 0 Å². The summed E-state index contributed by atoms with van der Waals surface area (Å²) in [4.78, 5) is 0. The molecule has 0 bridgehead atoms. The number of benzene rings is 1. The van der Waals surface area contributed by atoms with Crippen molar-refractivity contribution in [3.05, 3.63) is 28.8 Å². The zero-order chi connectivity index (χ0) is 12.3. The standard InChI is InChI=1S/C13H16ClN2O/c1-16(5-2-6-16)7-8-17-12-4-3-11(10-15)13(14)9-12/h3-4,9H,2,5-8H2,1H3/q+1. The van der Waals surface area contributed by atoms with Crippen LogP contribution in [0.1, 0.15) is 12.0 Å². The Bertz CT molecular complexity index is 449. The maximum absolute atomic E-state index is 8.75. The summed E-state index contributed by atoms with van der Waals surface area (Å²) in [6.07, 6.45) is 1.32. The minimum Gasteiger partial charge on any atom is -0.488 e. The van der Waals surface area contributed by atoms with Crippen LogP contribution in [0.5, 0.6) is 5.75 Å². The number of rotatable bonds is 4. The molecule has 1 aliphatic heterocycles. The molecule has 90 valence electrons. The second-order valence-corrected chi connectivity index (χ2v) is 5.15. The fourth-order valence-electron chi connectivity index (χ4n) is 1.98. The first-order valence-electron chi connectivity index (χ1n) is 5.79. The fourth-order valence-corrected chi connectivity index (χ4v) is 2.19. The molecule has 0 aliphatic carbocycles. The molecule has 0 spiro atoms. The summed E-state index contributed by atoms with van der Waals surface area (Å²) in [7, 11) is 2.25. The predicted molar refractivity (Wildman–Crippen MR) is 67.1 cm³/mol. The lowest BCUT2D eigenvalue weighted by atomic mass is 10.1. The van der Waals surface area contributed by atoms with Gasteiger partial charge in [-0.3, -0.25) is 0 Å². The molecule has 0 N–H and O–H groups in total. The molecule has 1 heterocycles. The maximum atomic E-state index is 8.75. The van der Waals surface area contributed by atoms with Gasteiger partial charge in [-0.25, -0.2) is 0 Å². The number of nitrogens with zero attached hydrogens (tertiary/aromatic N) is 2. The Morgan fingerprint density at radius 2 is 2.24 bits per heavy atom. The Kier molecular flexibility index (Phi) is 3.56. The minimum atomic E-state index is 0.453. The van der Waals surface area contributed by atoms with Crippen molar-refractivity contribution in [1.29, 1.82) is 5.26 Å². The van der Waals surface area contributed by atoms with Gasteiger partial charge in [0.05, 0.1) is 30.7 Å². The lowest BCUT2D eigenvalue weighted by molar-refractivity contribution is -0.946. The molecule has 1 aliphatic rings. The molecule has 3 nitrogen and oxygen atoms in total. The van der Waals surface area contributed by atoms with E-state index >= 15 is 0 Å². The number of nitriles is 1. The van der Waals surface area contributed by atoms with Crippen molar-refractivity contribution in [3.63, 3.8) is 0 Å². The minimum absolute atomic E-state index is 0.453. The third-order valence-electron chi connectivity index (χ3n) is 3.36. The number of ether oxygens (including phenoxy) is 1. The van der Waals surface area contributed by atoms with Crippen molar-refractivity contribution in [2.45, 2.75) is 6.42 Å². The smallest absolute Gasteiger partial charge is 0.137 e. The van der Waals surface area contributed by atoms with E-state index in [0.717, 1.165) is 16.8 Å². The van der Waals surface area contributed by atoms with Crippen molar-refractivity contribution in [3.8, 4) is 11.8 Å². The fraction of sp³-hybridized carbons (Fsp3) is 0.462. The van der Waals surface area contributed by atoms with Crippen molar-refractivity contribution in [2.75, 3.05) is 33.3 Å². The first-order valence-corrected chi connectivity index (χ1v) is 6.17. The quantitative estimate of drug-likeness (QED) is 0.770. The van der Waals surface area contributed by atoms with Crippen molar-refractivity contribution >= 4 is 11.6 Å². The lowest BCUT2D eigenvalue weighted by Gasteiger charge is -2.41. The van der Waals surface area contributed by atoms with Crippen LogP contribution in [0.25, 0.3) is 0 Å².